The van der Waals surface area contributed by atoms with E-state index in [1.807, 2.05) is 0 Å². The molecule has 1 heterocycles. The first-order chi connectivity index (χ1) is 7.99. The van der Waals surface area contributed by atoms with Gasteiger partial charge in [-0.15, -0.1) is 0 Å². The van der Waals surface area contributed by atoms with Crippen molar-refractivity contribution in [1.29, 1.82) is 0 Å². The molecule has 0 radical (unpaired) electrons. The van der Waals surface area contributed by atoms with Gasteiger partial charge in [-0.2, -0.15) is 0 Å². The van der Waals surface area contributed by atoms with Crippen LogP contribution in [0.4, 0.5) is 10.1 Å². The van der Waals surface area contributed by atoms with Gasteiger partial charge in [-0.25, -0.2) is 4.39 Å². The fourth-order valence-electron chi connectivity index (χ4n) is 1.80. The van der Waals surface area contributed by atoms with Crippen LogP contribution in [0, 0.1) is 11.7 Å². The van der Waals surface area contributed by atoms with E-state index in [9.17, 15) is 14.0 Å². The summed E-state index contributed by atoms with van der Waals surface area (Å²) in [6.45, 7) is 0.0251. The molecule has 1 unspecified atom stereocenters. The second-order valence-electron chi connectivity index (χ2n) is 3.84. The first kappa shape index (κ1) is 11.9. The average Bonchev–Trinajstić information content (AvgIpc) is 2.64. The lowest BCUT2D eigenvalue weighted by Gasteiger charge is -2.17. The molecule has 4 nitrogen and oxygen atoms in total. The predicted molar refractivity (Wildman–Crippen MR) is 59.5 cm³/mol. The number of carbonyl (C=O) groups is 2. The second-order valence-corrected chi connectivity index (χ2v) is 4.25. The summed E-state index contributed by atoms with van der Waals surface area (Å²) in [6.07, 6.45) is -0.0812. The molecule has 0 aromatic heterocycles. The third-order valence-electron chi connectivity index (χ3n) is 2.67. The third kappa shape index (κ3) is 2.24. The van der Waals surface area contributed by atoms with Gasteiger partial charge in [-0.05, 0) is 18.2 Å². The van der Waals surface area contributed by atoms with Gasteiger partial charge in [0.1, 0.15) is 5.82 Å². The van der Waals surface area contributed by atoms with E-state index in [0.29, 0.717) is 0 Å². The zero-order valence-electron chi connectivity index (χ0n) is 8.69. The van der Waals surface area contributed by atoms with Crippen molar-refractivity contribution in [3.8, 4) is 0 Å². The minimum absolute atomic E-state index is 0.0251. The zero-order chi connectivity index (χ0) is 12.6. The van der Waals surface area contributed by atoms with Crippen LogP contribution in [0.5, 0.6) is 0 Å². The third-order valence-corrected chi connectivity index (χ3v) is 2.99. The van der Waals surface area contributed by atoms with Gasteiger partial charge >= 0.3 is 5.97 Å². The van der Waals surface area contributed by atoms with Crippen molar-refractivity contribution in [2.75, 3.05) is 11.4 Å². The molecule has 2 rings (SSSR count). The summed E-state index contributed by atoms with van der Waals surface area (Å²) in [7, 11) is 0. The standard InChI is InChI=1S/C11H9ClFNO3/c12-8-2-1-7(13)4-9(8)14-5-6(11(16)17)3-10(14)15/h1-2,4,6H,3,5H2,(H,16,17). The van der Waals surface area contributed by atoms with Crippen molar-refractivity contribution in [1.82, 2.24) is 0 Å². The molecule has 1 saturated heterocycles. The quantitative estimate of drug-likeness (QED) is 0.881. The molecule has 1 atom stereocenters. The van der Waals surface area contributed by atoms with E-state index in [2.05, 4.69) is 0 Å². The van der Waals surface area contributed by atoms with Crippen molar-refractivity contribution in [3.05, 3.63) is 29.0 Å². The molecule has 1 aromatic carbocycles. The Hall–Kier alpha value is -1.62. The predicted octanol–water partition coefficient (Wildman–Crippen LogP) is 1.92. The molecular formula is C11H9ClFNO3. The molecule has 17 heavy (non-hydrogen) atoms. The number of amides is 1. The maximum absolute atomic E-state index is 13.1. The summed E-state index contributed by atoms with van der Waals surface area (Å²) in [4.78, 5) is 23.6. The highest BCUT2D eigenvalue weighted by Gasteiger charge is 2.35. The van der Waals surface area contributed by atoms with Gasteiger partial charge in [-0.3, -0.25) is 9.59 Å². The molecule has 1 aromatic rings. The van der Waals surface area contributed by atoms with Gasteiger partial charge in [0.05, 0.1) is 16.6 Å². The number of aliphatic carboxylic acids is 1. The van der Waals surface area contributed by atoms with E-state index >= 15 is 0 Å². The Labute approximate surface area is 102 Å². The SMILES string of the molecule is O=C(O)C1CC(=O)N(c2cc(F)ccc2Cl)C1. The number of hydrogen-bond acceptors (Lipinski definition) is 2. The molecule has 1 amide bonds. The Morgan fingerprint density at radius 1 is 1.53 bits per heavy atom. The minimum Gasteiger partial charge on any atom is -0.481 e. The van der Waals surface area contributed by atoms with E-state index in [-0.39, 0.29) is 29.6 Å². The fourth-order valence-corrected chi connectivity index (χ4v) is 2.02. The number of carbonyl (C=O) groups excluding carboxylic acids is 1. The molecule has 1 aliphatic heterocycles. The van der Waals surface area contributed by atoms with Crippen LogP contribution >= 0.6 is 11.6 Å². The number of nitrogens with zero attached hydrogens (tertiary/aromatic N) is 1. The number of anilines is 1. The summed E-state index contributed by atoms with van der Waals surface area (Å²) < 4.78 is 13.1. The normalized spacial score (nSPS) is 19.8. The van der Waals surface area contributed by atoms with Gasteiger partial charge in [0.2, 0.25) is 5.91 Å². The highest BCUT2D eigenvalue weighted by molar-refractivity contribution is 6.33. The number of rotatable bonds is 2. The number of benzene rings is 1. The van der Waals surface area contributed by atoms with Crippen molar-refractivity contribution in [2.24, 2.45) is 5.92 Å². The van der Waals surface area contributed by atoms with Crippen LogP contribution in [0.2, 0.25) is 5.02 Å². The minimum atomic E-state index is -1.03. The lowest BCUT2D eigenvalue weighted by molar-refractivity contribution is -0.141. The average molecular weight is 258 g/mol. The van der Waals surface area contributed by atoms with Gasteiger partial charge in [0.15, 0.2) is 0 Å². The van der Waals surface area contributed by atoms with Gasteiger partial charge < -0.3 is 10.0 Å². The molecule has 1 fully saturated rings. The lowest BCUT2D eigenvalue weighted by atomic mass is 10.1. The largest absolute Gasteiger partial charge is 0.481 e. The van der Waals surface area contributed by atoms with Crippen LogP contribution in [0.15, 0.2) is 18.2 Å². The second kappa shape index (κ2) is 4.33. The van der Waals surface area contributed by atoms with E-state index < -0.39 is 17.7 Å². The Bertz CT molecular complexity index is 492. The summed E-state index contributed by atoms with van der Waals surface area (Å²) in [5.41, 5.74) is 0.223. The first-order valence-electron chi connectivity index (χ1n) is 4.97. The molecule has 0 saturated carbocycles. The van der Waals surface area contributed by atoms with Crippen LogP contribution < -0.4 is 4.90 Å². The molecule has 6 heteroatoms. The highest BCUT2D eigenvalue weighted by Crippen LogP contribution is 2.31. The van der Waals surface area contributed by atoms with Crippen LogP contribution in [0.25, 0.3) is 0 Å². The summed E-state index contributed by atoms with van der Waals surface area (Å²) in [6, 6.07) is 3.65. The van der Waals surface area contributed by atoms with Crippen LogP contribution in [-0.2, 0) is 9.59 Å². The van der Waals surface area contributed by atoms with E-state index in [0.717, 1.165) is 6.07 Å². The number of carboxylic acids is 1. The summed E-state index contributed by atoms with van der Waals surface area (Å²) >= 11 is 5.86. The monoisotopic (exact) mass is 257 g/mol. The topological polar surface area (TPSA) is 57.6 Å². The van der Waals surface area contributed by atoms with Crippen LogP contribution in [0.3, 0.4) is 0 Å². The maximum Gasteiger partial charge on any atom is 0.308 e. The molecule has 1 aliphatic rings. The van der Waals surface area contributed by atoms with Crippen molar-refractivity contribution < 1.29 is 19.1 Å². The number of carboxylic acid groups (broad SMARTS) is 1. The fraction of sp³-hybridized carbons (Fsp3) is 0.273. The van der Waals surface area contributed by atoms with E-state index in [1.165, 1.54) is 17.0 Å². The van der Waals surface area contributed by atoms with Crippen LogP contribution in [-0.4, -0.2) is 23.5 Å². The smallest absolute Gasteiger partial charge is 0.308 e. The first-order valence-corrected chi connectivity index (χ1v) is 5.35. The summed E-state index contributed by atoms with van der Waals surface area (Å²) in [5, 5.41) is 9.06. The number of hydrogen-bond donors (Lipinski definition) is 1. The van der Waals surface area contributed by atoms with E-state index in [1.54, 1.807) is 0 Å². The Balaban J connectivity index is 2.32. The molecule has 0 spiro atoms. The summed E-state index contributed by atoms with van der Waals surface area (Å²) in [5.74, 6) is -2.67. The zero-order valence-corrected chi connectivity index (χ0v) is 9.45. The lowest BCUT2D eigenvalue weighted by Crippen LogP contribution is -2.26. The van der Waals surface area contributed by atoms with E-state index in [4.69, 9.17) is 16.7 Å². The molecular weight excluding hydrogens is 249 g/mol. The van der Waals surface area contributed by atoms with Gasteiger partial charge in [0.25, 0.3) is 0 Å². The number of halogens is 2. The molecule has 0 bridgehead atoms. The van der Waals surface area contributed by atoms with Gasteiger partial charge in [-0.1, -0.05) is 11.6 Å². The molecule has 1 N–H and O–H groups in total. The Morgan fingerprint density at radius 2 is 2.24 bits per heavy atom. The Morgan fingerprint density at radius 3 is 2.82 bits per heavy atom. The van der Waals surface area contributed by atoms with Crippen molar-refractivity contribution in [3.63, 3.8) is 0 Å². The maximum atomic E-state index is 13.1. The highest BCUT2D eigenvalue weighted by atomic mass is 35.5. The van der Waals surface area contributed by atoms with Crippen LogP contribution in [0.1, 0.15) is 6.42 Å². The Kier molecular flexibility index (Phi) is 3.02. The van der Waals surface area contributed by atoms with Gasteiger partial charge in [0, 0.05) is 13.0 Å². The van der Waals surface area contributed by atoms with Crippen molar-refractivity contribution in [2.45, 2.75) is 6.42 Å². The molecule has 90 valence electrons. The molecule has 0 aliphatic carbocycles. The van der Waals surface area contributed by atoms with Crippen molar-refractivity contribution >= 4 is 29.2 Å².